The highest BCUT2D eigenvalue weighted by molar-refractivity contribution is 5.89. The summed E-state index contributed by atoms with van der Waals surface area (Å²) in [5.41, 5.74) is 4.41. The van der Waals surface area contributed by atoms with E-state index < -0.39 is 0 Å². The first-order valence-electron chi connectivity index (χ1n) is 8.79. The van der Waals surface area contributed by atoms with E-state index in [1.165, 1.54) is 11.1 Å². The Bertz CT molecular complexity index is 700. The molecule has 0 amide bonds. The van der Waals surface area contributed by atoms with Crippen LogP contribution in [0.1, 0.15) is 53.2 Å². The van der Waals surface area contributed by atoms with E-state index >= 15 is 0 Å². The molecule has 2 nitrogen and oxygen atoms in total. The zero-order valence-corrected chi connectivity index (χ0v) is 14.8. The van der Waals surface area contributed by atoms with E-state index in [2.05, 4.69) is 38.1 Å². The fourth-order valence-electron chi connectivity index (χ4n) is 3.66. The second kappa shape index (κ2) is 6.80. The molecule has 0 radical (unpaired) electrons. The van der Waals surface area contributed by atoms with Crippen LogP contribution in [-0.2, 0) is 11.2 Å². The normalized spacial score (nSPS) is 23.2. The van der Waals surface area contributed by atoms with Crippen molar-refractivity contribution >= 4 is 5.97 Å². The molecule has 1 aliphatic carbocycles. The molecule has 2 heteroatoms. The van der Waals surface area contributed by atoms with Gasteiger partial charge < -0.3 is 4.74 Å². The molecule has 2 aromatic rings. The van der Waals surface area contributed by atoms with Gasteiger partial charge >= 0.3 is 5.97 Å². The molecule has 1 saturated carbocycles. The number of benzene rings is 2. The lowest BCUT2D eigenvalue weighted by molar-refractivity contribution is -0.000330. The van der Waals surface area contributed by atoms with Crippen molar-refractivity contribution in [2.45, 2.75) is 52.6 Å². The molecule has 0 spiro atoms. The Labute approximate surface area is 144 Å². The van der Waals surface area contributed by atoms with Gasteiger partial charge in [-0.3, -0.25) is 0 Å². The number of hydrogen-bond donors (Lipinski definition) is 0. The van der Waals surface area contributed by atoms with E-state index in [1.54, 1.807) is 0 Å². The number of carbonyl (C=O) groups is 1. The number of ether oxygens (including phenoxy) is 1. The highest BCUT2D eigenvalue weighted by Gasteiger charge is 2.41. The molecule has 0 saturated heterocycles. The molecular weight excluding hydrogens is 296 g/mol. The lowest BCUT2D eigenvalue weighted by Gasteiger charge is -2.31. The van der Waals surface area contributed by atoms with Crippen LogP contribution in [0.25, 0.3) is 0 Å². The Hall–Kier alpha value is -2.09. The molecular formula is C22H26O2. The Morgan fingerprint density at radius 1 is 1.04 bits per heavy atom. The average molecular weight is 322 g/mol. The van der Waals surface area contributed by atoms with E-state index in [0.29, 0.717) is 5.56 Å². The van der Waals surface area contributed by atoms with Crippen molar-refractivity contribution in [3.63, 3.8) is 0 Å². The fourth-order valence-corrected chi connectivity index (χ4v) is 3.66. The highest BCUT2D eigenvalue weighted by Crippen LogP contribution is 2.43. The van der Waals surface area contributed by atoms with Crippen LogP contribution in [0.2, 0.25) is 0 Å². The average Bonchev–Trinajstić information content (AvgIpc) is 2.91. The third-order valence-corrected chi connectivity index (χ3v) is 5.26. The summed E-state index contributed by atoms with van der Waals surface area (Å²) < 4.78 is 5.91. The lowest BCUT2D eigenvalue weighted by Crippen LogP contribution is -2.33. The molecule has 126 valence electrons. The maximum absolute atomic E-state index is 12.5. The molecule has 24 heavy (non-hydrogen) atoms. The minimum atomic E-state index is -0.197. The van der Waals surface area contributed by atoms with Crippen LogP contribution >= 0.6 is 0 Å². The van der Waals surface area contributed by atoms with Crippen molar-refractivity contribution in [2.75, 3.05) is 0 Å². The van der Waals surface area contributed by atoms with Gasteiger partial charge in [-0.05, 0) is 57.2 Å². The minimum Gasteiger partial charge on any atom is -0.458 e. The van der Waals surface area contributed by atoms with Crippen molar-refractivity contribution in [1.82, 2.24) is 0 Å². The largest absolute Gasteiger partial charge is 0.458 e. The standard InChI is InChI=1S/C22H26O2/c1-16-6-10-18(11-7-16)15-22(3)14-4-5-20(22)24-21(23)19-12-8-17(2)9-13-19/h6-13,20H,4-5,14-15H2,1-3H3. The molecule has 0 aliphatic heterocycles. The van der Waals surface area contributed by atoms with Crippen molar-refractivity contribution in [2.24, 2.45) is 5.41 Å². The maximum Gasteiger partial charge on any atom is 0.338 e. The number of aryl methyl sites for hydroxylation is 2. The first kappa shape index (κ1) is 16.8. The molecule has 2 unspecified atom stereocenters. The van der Waals surface area contributed by atoms with Crippen LogP contribution in [0.4, 0.5) is 0 Å². The van der Waals surface area contributed by atoms with Crippen LogP contribution < -0.4 is 0 Å². The Kier molecular flexibility index (Phi) is 4.75. The molecule has 2 aromatic carbocycles. The second-order valence-electron chi connectivity index (χ2n) is 7.47. The summed E-state index contributed by atoms with van der Waals surface area (Å²) in [5, 5.41) is 0. The molecule has 3 rings (SSSR count). The van der Waals surface area contributed by atoms with Crippen molar-refractivity contribution in [1.29, 1.82) is 0 Å². The molecule has 1 fully saturated rings. The van der Waals surface area contributed by atoms with Crippen LogP contribution in [0, 0.1) is 19.3 Å². The molecule has 0 heterocycles. The van der Waals surface area contributed by atoms with Gasteiger partial charge in [0.05, 0.1) is 5.56 Å². The Morgan fingerprint density at radius 2 is 1.62 bits per heavy atom. The van der Waals surface area contributed by atoms with Gasteiger partial charge in [0.2, 0.25) is 0 Å². The van der Waals surface area contributed by atoms with Crippen LogP contribution in [0.5, 0.6) is 0 Å². The monoisotopic (exact) mass is 322 g/mol. The van der Waals surface area contributed by atoms with E-state index in [0.717, 1.165) is 31.2 Å². The van der Waals surface area contributed by atoms with Gasteiger partial charge in [0.1, 0.15) is 6.10 Å². The minimum absolute atomic E-state index is 0.00685. The molecule has 0 bridgehead atoms. The molecule has 0 aromatic heterocycles. The third kappa shape index (κ3) is 3.69. The smallest absolute Gasteiger partial charge is 0.338 e. The zero-order valence-electron chi connectivity index (χ0n) is 14.8. The summed E-state index contributed by atoms with van der Waals surface area (Å²) in [7, 11) is 0. The Morgan fingerprint density at radius 3 is 2.25 bits per heavy atom. The van der Waals surface area contributed by atoms with E-state index in [-0.39, 0.29) is 17.5 Å². The first-order chi connectivity index (χ1) is 11.5. The summed E-state index contributed by atoms with van der Waals surface area (Å²) in [6.07, 6.45) is 4.13. The van der Waals surface area contributed by atoms with E-state index in [4.69, 9.17) is 4.74 Å². The van der Waals surface area contributed by atoms with E-state index in [9.17, 15) is 4.79 Å². The quantitative estimate of drug-likeness (QED) is 0.718. The fraction of sp³-hybridized carbons (Fsp3) is 0.409. The van der Waals surface area contributed by atoms with E-state index in [1.807, 2.05) is 31.2 Å². The van der Waals surface area contributed by atoms with Crippen molar-refractivity contribution in [3.8, 4) is 0 Å². The van der Waals surface area contributed by atoms with Gasteiger partial charge in [-0.1, -0.05) is 54.4 Å². The number of hydrogen-bond acceptors (Lipinski definition) is 2. The molecule has 0 N–H and O–H groups in total. The predicted molar refractivity (Wildman–Crippen MR) is 97.2 cm³/mol. The van der Waals surface area contributed by atoms with Gasteiger partial charge in [0.15, 0.2) is 0 Å². The number of esters is 1. The lowest BCUT2D eigenvalue weighted by atomic mass is 9.80. The SMILES string of the molecule is Cc1ccc(CC2(C)CCCC2OC(=O)c2ccc(C)cc2)cc1. The van der Waals surface area contributed by atoms with Crippen molar-refractivity contribution < 1.29 is 9.53 Å². The molecule has 1 aliphatic rings. The Balaban J connectivity index is 1.71. The first-order valence-corrected chi connectivity index (χ1v) is 8.79. The number of carbonyl (C=O) groups excluding carboxylic acids is 1. The summed E-state index contributed by atoms with van der Waals surface area (Å²) in [6.45, 7) is 6.38. The topological polar surface area (TPSA) is 26.3 Å². The summed E-state index contributed by atoms with van der Waals surface area (Å²) in [4.78, 5) is 12.5. The van der Waals surface area contributed by atoms with Gasteiger partial charge in [0.25, 0.3) is 0 Å². The van der Waals surface area contributed by atoms with Crippen LogP contribution in [0.3, 0.4) is 0 Å². The predicted octanol–water partition coefficient (Wildman–Crippen LogP) is 5.26. The summed E-state index contributed by atoms with van der Waals surface area (Å²) >= 11 is 0. The highest BCUT2D eigenvalue weighted by atomic mass is 16.5. The summed E-state index contributed by atoms with van der Waals surface area (Å²) in [6, 6.07) is 16.3. The van der Waals surface area contributed by atoms with Gasteiger partial charge in [-0.25, -0.2) is 4.79 Å². The van der Waals surface area contributed by atoms with Crippen LogP contribution in [-0.4, -0.2) is 12.1 Å². The van der Waals surface area contributed by atoms with Gasteiger partial charge in [-0.2, -0.15) is 0 Å². The van der Waals surface area contributed by atoms with Gasteiger partial charge in [0, 0.05) is 5.41 Å². The summed E-state index contributed by atoms with van der Waals surface area (Å²) in [5.74, 6) is -0.197. The van der Waals surface area contributed by atoms with Gasteiger partial charge in [-0.15, -0.1) is 0 Å². The van der Waals surface area contributed by atoms with Crippen molar-refractivity contribution in [3.05, 3.63) is 70.8 Å². The maximum atomic E-state index is 12.5. The second-order valence-corrected chi connectivity index (χ2v) is 7.47. The molecule has 2 atom stereocenters. The number of rotatable bonds is 4. The zero-order chi connectivity index (χ0) is 17.2. The third-order valence-electron chi connectivity index (χ3n) is 5.26. The van der Waals surface area contributed by atoms with Crippen LogP contribution in [0.15, 0.2) is 48.5 Å².